The van der Waals surface area contributed by atoms with Crippen LogP contribution in [-0.4, -0.2) is 10.2 Å². The van der Waals surface area contributed by atoms with E-state index >= 15 is 0 Å². The molecule has 0 saturated carbocycles. The average Bonchev–Trinajstić information content (AvgIpc) is 2.96. The summed E-state index contributed by atoms with van der Waals surface area (Å²) in [5, 5.41) is 7.82. The summed E-state index contributed by atoms with van der Waals surface area (Å²) in [7, 11) is 0. The SMILES string of the molecule is Cc1cccc(-c2nnc(-c3ccc(C(F)(F)F)cc3)o2)c1. The quantitative estimate of drug-likeness (QED) is 0.687. The molecule has 0 aliphatic rings. The van der Waals surface area contributed by atoms with E-state index in [9.17, 15) is 13.2 Å². The fraction of sp³-hybridized carbons (Fsp3) is 0.125. The van der Waals surface area contributed by atoms with Crippen LogP contribution in [-0.2, 0) is 6.18 Å². The topological polar surface area (TPSA) is 38.9 Å². The number of hydrogen-bond acceptors (Lipinski definition) is 3. The number of rotatable bonds is 2. The Morgan fingerprint density at radius 3 is 2.09 bits per heavy atom. The van der Waals surface area contributed by atoms with Gasteiger partial charge >= 0.3 is 6.18 Å². The van der Waals surface area contributed by atoms with Crippen LogP contribution in [0.2, 0.25) is 0 Å². The third kappa shape index (κ3) is 2.86. The van der Waals surface area contributed by atoms with E-state index in [2.05, 4.69) is 10.2 Å². The van der Waals surface area contributed by atoms with Crippen molar-refractivity contribution in [3.63, 3.8) is 0 Å². The third-order valence-electron chi connectivity index (χ3n) is 3.15. The zero-order chi connectivity index (χ0) is 15.7. The molecule has 0 bridgehead atoms. The molecule has 1 heterocycles. The first-order valence-corrected chi connectivity index (χ1v) is 6.52. The molecule has 0 radical (unpaired) electrons. The molecule has 3 nitrogen and oxygen atoms in total. The number of hydrogen-bond donors (Lipinski definition) is 0. The fourth-order valence-electron chi connectivity index (χ4n) is 2.04. The van der Waals surface area contributed by atoms with Crippen LogP contribution in [0.1, 0.15) is 11.1 Å². The standard InChI is InChI=1S/C16H11F3N2O/c1-10-3-2-4-12(9-10)15-21-20-14(22-15)11-5-7-13(8-6-11)16(17,18)19/h2-9H,1H3. The number of nitrogens with zero attached hydrogens (tertiary/aromatic N) is 2. The minimum Gasteiger partial charge on any atom is -0.416 e. The molecule has 0 atom stereocenters. The maximum atomic E-state index is 12.5. The highest BCUT2D eigenvalue weighted by molar-refractivity contribution is 5.58. The Bertz CT molecular complexity index is 792. The molecule has 3 aromatic rings. The highest BCUT2D eigenvalue weighted by Crippen LogP contribution is 2.31. The fourth-order valence-corrected chi connectivity index (χ4v) is 2.04. The van der Waals surface area contributed by atoms with Crippen LogP contribution in [0.25, 0.3) is 22.9 Å². The Balaban J connectivity index is 1.91. The van der Waals surface area contributed by atoms with Crippen molar-refractivity contribution in [1.82, 2.24) is 10.2 Å². The van der Waals surface area contributed by atoms with Crippen LogP contribution >= 0.6 is 0 Å². The molecular formula is C16H11F3N2O. The first-order valence-electron chi connectivity index (χ1n) is 6.52. The van der Waals surface area contributed by atoms with Gasteiger partial charge in [-0.15, -0.1) is 10.2 Å². The number of aryl methyl sites for hydroxylation is 1. The maximum absolute atomic E-state index is 12.5. The first kappa shape index (κ1) is 14.3. The van der Waals surface area contributed by atoms with Gasteiger partial charge in [-0.2, -0.15) is 13.2 Å². The van der Waals surface area contributed by atoms with E-state index in [1.54, 1.807) is 0 Å². The Morgan fingerprint density at radius 1 is 0.864 bits per heavy atom. The van der Waals surface area contributed by atoms with Gasteiger partial charge in [-0.25, -0.2) is 0 Å². The molecule has 0 spiro atoms. The molecule has 0 unspecified atom stereocenters. The van der Waals surface area contributed by atoms with Gasteiger partial charge in [0.1, 0.15) is 0 Å². The van der Waals surface area contributed by atoms with Crippen molar-refractivity contribution in [3.8, 4) is 22.9 Å². The molecular weight excluding hydrogens is 293 g/mol. The van der Waals surface area contributed by atoms with Gasteiger partial charge in [0.15, 0.2) is 0 Å². The third-order valence-corrected chi connectivity index (χ3v) is 3.15. The van der Waals surface area contributed by atoms with E-state index in [1.165, 1.54) is 12.1 Å². The van der Waals surface area contributed by atoms with Crippen molar-refractivity contribution in [2.24, 2.45) is 0 Å². The zero-order valence-electron chi connectivity index (χ0n) is 11.6. The molecule has 0 fully saturated rings. The number of halogens is 3. The minimum absolute atomic E-state index is 0.185. The normalized spacial score (nSPS) is 11.6. The number of alkyl halides is 3. The van der Waals surface area contributed by atoms with Gasteiger partial charge in [0, 0.05) is 11.1 Å². The average molecular weight is 304 g/mol. The largest absolute Gasteiger partial charge is 0.416 e. The van der Waals surface area contributed by atoms with E-state index in [1.807, 2.05) is 31.2 Å². The van der Waals surface area contributed by atoms with Crippen molar-refractivity contribution < 1.29 is 17.6 Å². The van der Waals surface area contributed by atoms with E-state index in [0.717, 1.165) is 23.3 Å². The van der Waals surface area contributed by atoms with Crippen molar-refractivity contribution >= 4 is 0 Å². The first-order chi connectivity index (χ1) is 10.4. The molecule has 22 heavy (non-hydrogen) atoms. The summed E-state index contributed by atoms with van der Waals surface area (Å²) in [5.41, 5.74) is 1.55. The smallest absolute Gasteiger partial charge is 0.416 e. The second-order valence-electron chi connectivity index (χ2n) is 4.86. The molecule has 2 aromatic carbocycles. The molecule has 0 aliphatic heterocycles. The summed E-state index contributed by atoms with van der Waals surface area (Å²) in [4.78, 5) is 0. The molecule has 6 heteroatoms. The van der Waals surface area contributed by atoms with E-state index in [-0.39, 0.29) is 5.89 Å². The summed E-state index contributed by atoms with van der Waals surface area (Å²) in [6.45, 7) is 1.94. The van der Waals surface area contributed by atoms with Crippen molar-refractivity contribution in [1.29, 1.82) is 0 Å². The summed E-state index contributed by atoms with van der Waals surface area (Å²) in [6.07, 6.45) is -4.36. The zero-order valence-corrected chi connectivity index (χ0v) is 11.6. The van der Waals surface area contributed by atoms with Gasteiger partial charge in [-0.3, -0.25) is 0 Å². The molecule has 1 aromatic heterocycles. The molecule has 0 amide bonds. The lowest BCUT2D eigenvalue weighted by Crippen LogP contribution is -2.03. The van der Waals surface area contributed by atoms with E-state index in [0.29, 0.717) is 11.5 Å². The molecule has 112 valence electrons. The van der Waals surface area contributed by atoms with Gasteiger partial charge in [-0.05, 0) is 43.3 Å². The molecule has 0 saturated heterocycles. The predicted octanol–water partition coefficient (Wildman–Crippen LogP) is 4.73. The lowest BCUT2D eigenvalue weighted by atomic mass is 10.1. The molecule has 3 rings (SSSR count). The maximum Gasteiger partial charge on any atom is 0.416 e. The Hall–Kier alpha value is -2.63. The van der Waals surface area contributed by atoms with Crippen LogP contribution in [0.4, 0.5) is 13.2 Å². The van der Waals surface area contributed by atoms with Crippen LogP contribution in [0.5, 0.6) is 0 Å². The molecule has 0 N–H and O–H groups in total. The van der Waals surface area contributed by atoms with E-state index in [4.69, 9.17) is 4.42 Å². The highest BCUT2D eigenvalue weighted by atomic mass is 19.4. The molecule has 0 aliphatic carbocycles. The second kappa shape index (κ2) is 5.29. The lowest BCUT2D eigenvalue weighted by Gasteiger charge is -2.05. The van der Waals surface area contributed by atoms with Gasteiger partial charge < -0.3 is 4.42 Å². The van der Waals surface area contributed by atoms with Crippen LogP contribution in [0.3, 0.4) is 0 Å². The summed E-state index contributed by atoms with van der Waals surface area (Å²) >= 11 is 0. The number of benzene rings is 2. The van der Waals surface area contributed by atoms with Crippen molar-refractivity contribution in [2.75, 3.05) is 0 Å². The van der Waals surface area contributed by atoms with Crippen LogP contribution < -0.4 is 0 Å². The second-order valence-corrected chi connectivity index (χ2v) is 4.86. The summed E-state index contributed by atoms with van der Waals surface area (Å²) < 4.78 is 43.1. The van der Waals surface area contributed by atoms with Gasteiger partial charge in [0.2, 0.25) is 11.8 Å². The van der Waals surface area contributed by atoms with Crippen molar-refractivity contribution in [2.45, 2.75) is 13.1 Å². The van der Waals surface area contributed by atoms with E-state index < -0.39 is 11.7 Å². The number of aromatic nitrogens is 2. The van der Waals surface area contributed by atoms with Gasteiger partial charge in [0.05, 0.1) is 5.56 Å². The van der Waals surface area contributed by atoms with Gasteiger partial charge in [0.25, 0.3) is 0 Å². The van der Waals surface area contributed by atoms with Crippen LogP contribution in [0.15, 0.2) is 52.9 Å². The minimum atomic E-state index is -4.36. The van der Waals surface area contributed by atoms with Crippen LogP contribution in [0, 0.1) is 6.92 Å². The highest BCUT2D eigenvalue weighted by Gasteiger charge is 2.30. The predicted molar refractivity (Wildman–Crippen MR) is 74.9 cm³/mol. The van der Waals surface area contributed by atoms with Crippen molar-refractivity contribution in [3.05, 3.63) is 59.7 Å². The summed E-state index contributed by atoms with van der Waals surface area (Å²) in [6, 6.07) is 12.1. The summed E-state index contributed by atoms with van der Waals surface area (Å²) in [5.74, 6) is 0.517. The Morgan fingerprint density at radius 2 is 1.50 bits per heavy atom. The Kier molecular flexibility index (Phi) is 3.44. The lowest BCUT2D eigenvalue weighted by molar-refractivity contribution is -0.137. The Labute approximate surface area is 124 Å². The van der Waals surface area contributed by atoms with Gasteiger partial charge in [-0.1, -0.05) is 17.7 Å². The monoisotopic (exact) mass is 304 g/mol.